The first-order valence-electron chi connectivity index (χ1n) is 2.39. The molecular formula is C6H4N4. The number of hydrogen-bond acceptors (Lipinski definition) is 3. The maximum absolute atomic E-state index is 8.21. The average Bonchev–Trinajstić information content (AvgIpc) is 1.91. The summed E-state index contributed by atoms with van der Waals surface area (Å²) in [4.78, 5) is 2.82. The molecule has 0 aliphatic carbocycles. The fourth-order valence-corrected chi connectivity index (χ4v) is 0.338. The van der Waals surface area contributed by atoms with Gasteiger partial charge >= 0.3 is 0 Å². The minimum absolute atomic E-state index is 0.0417. The summed E-state index contributed by atoms with van der Waals surface area (Å²) in [5, 5.41) is 16.3. The molecule has 0 radical (unpaired) electrons. The van der Waals surface area contributed by atoms with E-state index in [1.807, 2.05) is 0 Å². The monoisotopic (exact) mass is 132 g/mol. The Bertz CT molecular complexity index is 252. The molecule has 0 rings (SSSR count). The molecule has 0 atom stereocenters. The zero-order valence-electron chi connectivity index (χ0n) is 5.13. The summed E-state index contributed by atoms with van der Waals surface area (Å²) in [6.07, 6.45) is -0.0642. The molecule has 48 valence electrons. The molecule has 10 heavy (non-hydrogen) atoms. The third kappa shape index (κ3) is 1.86. The fraction of sp³-hybridized carbons (Fsp3) is 0.167. The van der Waals surface area contributed by atoms with Crippen LogP contribution in [-0.4, -0.2) is 0 Å². The van der Waals surface area contributed by atoms with Gasteiger partial charge in [-0.05, 0) is 0 Å². The molecule has 4 heteroatoms. The van der Waals surface area contributed by atoms with Crippen molar-refractivity contribution in [1.29, 1.82) is 10.5 Å². The van der Waals surface area contributed by atoms with Crippen molar-refractivity contribution in [3.8, 4) is 12.1 Å². The van der Waals surface area contributed by atoms with Crippen molar-refractivity contribution in [3.63, 3.8) is 0 Å². The highest BCUT2D eigenvalue weighted by atomic mass is 14.7. The maximum Gasteiger partial charge on any atom is 0.280 e. The van der Waals surface area contributed by atoms with Crippen LogP contribution in [0.25, 0.3) is 4.85 Å². The second-order valence-corrected chi connectivity index (χ2v) is 1.43. The predicted octanol–water partition coefficient (Wildman–Crippen LogP) is 0.513. The molecule has 4 nitrogen and oxygen atoms in total. The molecule has 0 amide bonds. The van der Waals surface area contributed by atoms with Crippen LogP contribution in [0.4, 0.5) is 0 Å². The summed E-state index contributed by atoms with van der Waals surface area (Å²) in [6, 6.07) is 3.32. The second kappa shape index (κ2) is 3.95. The minimum Gasteiger partial charge on any atom is -0.409 e. The van der Waals surface area contributed by atoms with Gasteiger partial charge < -0.3 is 5.73 Å². The predicted molar refractivity (Wildman–Crippen MR) is 33.7 cm³/mol. The number of nitrogens with two attached hydrogens (primary N) is 1. The van der Waals surface area contributed by atoms with Crippen molar-refractivity contribution in [3.05, 3.63) is 22.8 Å². The van der Waals surface area contributed by atoms with Gasteiger partial charge in [0.2, 0.25) is 0 Å². The number of rotatable bonds is 1. The molecule has 0 saturated carbocycles. The summed E-state index contributed by atoms with van der Waals surface area (Å²) in [7, 11) is 0. The molecule has 0 fully saturated rings. The average molecular weight is 132 g/mol. The Labute approximate surface area is 58.6 Å². The Balaban J connectivity index is 4.56. The number of nitriles is 2. The standard InChI is InChI=1S/C6H4N4/c1-10-6(4-8)5(9)2-3-7/h2,9H2/b6-5-. The third-order valence-corrected chi connectivity index (χ3v) is 0.791. The zero-order chi connectivity index (χ0) is 7.98. The molecule has 0 saturated heterocycles. The van der Waals surface area contributed by atoms with Gasteiger partial charge in [0.05, 0.1) is 25.1 Å². The van der Waals surface area contributed by atoms with Gasteiger partial charge in [0.1, 0.15) is 0 Å². The lowest BCUT2D eigenvalue weighted by molar-refractivity contribution is 1.15. The third-order valence-electron chi connectivity index (χ3n) is 0.791. The zero-order valence-corrected chi connectivity index (χ0v) is 5.13. The van der Waals surface area contributed by atoms with Crippen LogP contribution in [-0.2, 0) is 0 Å². The van der Waals surface area contributed by atoms with Crippen LogP contribution in [0.5, 0.6) is 0 Å². The molecule has 0 unspecified atom stereocenters. The second-order valence-electron chi connectivity index (χ2n) is 1.43. The molecule has 0 aliphatic heterocycles. The van der Waals surface area contributed by atoms with Crippen LogP contribution >= 0.6 is 0 Å². The molecule has 0 aromatic carbocycles. The lowest BCUT2D eigenvalue weighted by atomic mass is 10.3. The number of hydrogen-bond donors (Lipinski definition) is 1. The first-order valence-corrected chi connectivity index (χ1v) is 2.39. The van der Waals surface area contributed by atoms with Crippen LogP contribution < -0.4 is 5.73 Å². The topological polar surface area (TPSA) is 78.0 Å². The summed E-state index contributed by atoms with van der Waals surface area (Å²) >= 11 is 0. The van der Waals surface area contributed by atoms with E-state index in [-0.39, 0.29) is 17.8 Å². The van der Waals surface area contributed by atoms with Gasteiger partial charge in [-0.15, -0.1) is 0 Å². The minimum atomic E-state index is -0.193. The molecule has 0 heterocycles. The number of allylic oxidation sites excluding steroid dienone is 2. The van der Waals surface area contributed by atoms with E-state index in [0.29, 0.717) is 0 Å². The summed E-state index contributed by atoms with van der Waals surface area (Å²) in [5.41, 5.74) is 5.02. The Morgan fingerprint density at radius 3 is 2.50 bits per heavy atom. The fourth-order valence-electron chi connectivity index (χ4n) is 0.338. The molecule has 2 N–H and O–H groups in total. The molecule has 0 spiro atoms. The number of nitrogens with zero attached hydrogens (tertiary/aromatic N) is 3. The highest BCUT2D eigenvalue weighted by Gasteiger charge is 1.99. The first kappa shape index (κ1) is 8.01. The Morgan fingerprint density at radius 1 is 1.60 bits per heavy atom. The van der Waals surface area contributed by atoms with Gasteiger partial charge in [0, 0.05) is 5.70 Å². The van der Waals surface area contributed by atoms with Crippen molar-refractivity contribution in [2.24, 2.45) is 5.73 Å². The first-order chi connectivity index (χ1) is 4.76. The van der Waals surface area contributed by atoms with E-state index < -0.39 is 0 Å². The van der Waals surface area contributed by atoms with Crippen LogP contribution in [0.2, 0.25) is 0 Å². The highest BCUT2D eigenvalue weighted by Crippen LogP contribution is 2.01. The Hall–Kier alpha value is -1.99. The Morgan fingerprint density at radius 2 is 2.20 bits per heavy atom. The largest absolute Gasteiger partial charge is 0.409 e. The van der Waals surface area contributed by atoms with E-state index in [4.69, 9.17) is 22.8 Å². The van der Waals surface area contributed by atoms with Crippen molar-refractivity contribution in [2.75, 3.05) is 0 Å². The van der Waals surface area contributed by atoms with E-state index in [0.717, 1.165) is 0 Å². The van der Waals surface area contributed by atoms with Gasteiger partial charge in [0.15, 0.2) is 0 Å². The van der Waals surface area contributed by atoms with E-state index in [2.05, 4.69) is 4.85 Å². The van der Waals surface area contributed by atoms with E-state index >= 15 is 0 Å². The summed E-state index contributed by atoms with van der Waals surface area (Å²) < 4.78 is 0. The van der Waals surface area contributed by atoms with E-state index in [9.17, 15) is 0 Å². The molecule has 0 aromatic heterocycles. The SMILES string of the molecule is [C-]#[N+]/C(C#N)=C(\N)CC#N. The van der Waals surface area contributed by atoms with Crippen molar-refractivity contribution in [1.82, 2.24) is 0 Å². The van der Waals surface area contributed by atoms with Gasteiger partial charge in [-0.25, -0.2) is 10.1 Å². The van der Waals surface area contributed by atoms with Crippen molar-refractivity contribution in [2.45, 2.75) is 6.42 Å². The summed E-state index contributed by atoms with van der Waals surface area (Å²) in [6.45, 7) is 6.42. The van der Waals surface area contributed by atoms with E-state index in [1.165, 1.54) is 0 Å². The van der Waals surface area contributed by atoms with Gasteiger partial charge in [-0.2, -0.15) is 5.26 Å². The lowest BCUT2D eigenvalue weighted by Crippen LogP contribution is -1.98. The van der Waals surface area contributed by atoms with Crippen LogP contribution in [0, 0.1) is 29.2 Å². The van der Waals surface area contributed by atoms with Crippen molar-refractivity contribution >= 4 is 0 Å². The highest BCUT2D eigenvalue weighted by molar-refractivity contribution is 5.32. The van der Waals surface area contributed by atoms with E-state index in [1.54, 1.807) is 12.1 Å². The Kier molecular flexibility index (Phi) is 3.16. The summed E-state index contributed by atoms with van der Waals surface area (Å²) in [5.74, 6) is 0. The van der Waals surface area contributed by atoms with Gasteiger partial charge in [-0.3, -0.25) is 0 Å². The molecule has 0 bridgehead atoms. The molecule has 0 aromatic rings. The molecule has 0 aliphatic rings. The van der Waals surface area contributed by atoms with Crippen LogP contribution in [0.1, 0.15) is 6.42 Å². The van der Waals surface area contributed by atoms with Crippen LogP contribution in [0.15, 0.2) is 11.4 Å². The lowest BCUT2D eigenvalue weighted by Gasteiger charge is -1.89. The van der Waals surface area contributed by atoms with Gasteiger partial charge in [0.25, 0.3) is 5.70 Å². The quantitative estimate of drug-likeness (QED) is 0.417. The normalized spacial score (nSPS) is 10.1. The van der Waals surface area contributed by atoms with Crippen LogP contribution in [0.3, 0.4) is 0 Å². The maximum atomic E-state index is 8.21. The molecular weight excluding hydrogens is 128 g/mol. The van der Waals surface area contributed by atoms with Gasteiger partial charge in [-0.1, -0.05) is 0 Å². The van der Waals surface area contributed by atoms with Crippen molar-refractivity contribution < 1.29 is 0 Å². The smallest absolute Gasteiger partial charge is 0.280 e.